The zero-order valence-electron chi connectivity index (χ0n) is 19.5. The minimum absolute atomic E-state index is 0.0268. The minimum Gasteiger partial charge on any atom is -0.294 e. The average molecular weight is 504 g/mol. The number of aromatic amines is 1. The number of anilines is 1. The Bertz CT molecular complexity index is 1620. The molecule has 3 heterocycles. The fourth-order valence-electron chi connectivity index (χ4n) is 4.34. The van der Waals surface area contributed by atoms with Crippen LogP contribution in [0.15, 0.2) is 77.9 Å². The topological polar surface area (TPSA) is 79.1 Å². The summed E-state index contributed by atoms with van der Waals surface area (Å²) in [4.78, 5) is 42.1. The first-order valence-corrected chi connectivity index (χ1v) is 11.7. The fourth-order valence-corrected chi connectivity index (χ4v) is 4.46. The summed E-state index contributed by atoms with van der Waals surface area (Å²) >= 11 is 6.00. The van der Waals surface area contributed by atoms with Crippen LogP contribution in [0.1, 0.15) is 23.7 Å². The third-order valence-corrected chi connectivity index (χ3v) is 6.27. The number of aryl methyl sites for hydroxylation is 2. The Morgan fingerprint density at radius 2 is 1.69 bits per heavy atom. The molecule has 0 atom stereocenters. The number of hydrogen-bond donors (Lipinski definition) is 1. The van der Waals surface area contributed by atoms with Gasteiger partial charge in [0.2, 0.25) is 0 Å². The molecule has 0 radical (unpaired) electrons. The zero-order chi connectivity index (χ0) is 25.6. The van der Waals surface area contributed by atoms with Crippen molar-refractivity contribution >= 4 is 40.4 Å². The maximum atomic E-state index is 14.7. The van der Waals surface area contributed by atoms with E-state index in [0.29, 0.717) is 22.8 Å². The second-order valence-corrected chi connectivity index (χ2v) is 8.78. The van der Waals surface area contributed by atoms with E-state index in [9.17, 15) is 18.8 Å². The number of carbonyl (C=O) groups is 2. The second-order valence-electron chi connectivity index (χ2n) is 8.35. The Hall–Kier alpha value is -4.30. The molecule has 0 fully saturated rings. The van der Waals surface area contributed by atoms with Gasteiger partial charge in [-0.1, -0.05) is 30.7 Å². The van der Waals surface area contributed by atoms with Crippen molar-refractivity contribution in [3.63, 3.8) is 0 Å². The lowest BCUT2D eigenvalue weighted by Crippen LogP contribution is -2.40. The first-order chi connectivity index (χ1) is 17.3. The zero-order valence-corrected chi connectivity index (χ0v) is 20.2. The number of halogens is 2. The molecule has 0 unspecified atom stereocenters. The molecule has 0 bridgehead atoms. The summed E-state index contributed by atoms with van der Waals surface area (Å²) < 4.78 is 17.5. The highest BCUT2D eigenvalue weighted by molar-refractivity contribution is 6.53. The lowest BCUT2D eigenvalue weighted by atomic mass is 10.0. The number of benzene rings is 2. The quantitative estimate of drug-likeness (QED) is 0.329. The molecule has 5 rings (SSSR count). The molecule has 1 aliphatic rings. The number of aromatic nitrogens is 3. The highest BCUT2D eigenvalue weighted by Crippen LogP contribution is 2.34. The lowest BCUT2D eigenvalue weighted by molar-refractivity contribution is -0.577. The Morgan fingerprint density at radius 3 is 2.36 bits per heavy atom. The van der Waals surface area contributed by atoms with Crippen LogP contribution in [-0.2, 0) is 16.0 Å². The molecule has 1 aliphatic heterocycles. The van der Waals surface area contributed by atoms with E-state index in [4.69, 9.17) is 11.6 Å². The Labute approximate surface area is 210 Å². The van der Waals surface area contributed by atoms with E-state index in [-0.39, 0.29) is 22.5 Å². The van der Waals surface area contributed by atoms with Crippen LogP contribution in [0, 0.1) is 12.7 Å². The Kier molecular flexibility index (Phi) is 5.89. The first-order valence-electron chi connectivity index (χ1n) is 11.3. The molecule has 2 aromatic carbocycles. The van der Waals surface area contributed by atoms with Gasteiger partial charge in [0.05, 0.1) is 16.9 Å². The second kappa shape index (κ2) is 9.05. The van der Waals surface area contributed by atoms with Gasteiger partial charge in [0, 0.05) is 22.3 Å². The molecule has 0 saturated carbocycles. The van der Waals surface area contributed by atoms with Gasteiger partial charge in [-0.3, -0.25) is 19.5 Å². The van der Waals surface area contributed by atoms with Crippen molar-refractivity contribution in [1.82, 2.24) is 9.78 Å². The van der Waals surface area contributed by atoms with E-state index in [1.807, 2.05) is 19.9 Å². The van der Waals surface area contributed by atoms with Gasteiger partial charge < -0.3 is 0 Å². The van der Waals surface area contributed by atoms with E-state index >= 15 is 0 Å². The van der Waals surface area contributed by atoms with Crippen molar-refractivity contribution in [3.8, 4) is 5.69 Å². The number of amides is 2. The molecular weight excluding hydrogens is 483 g/mol. The summed E-state index contributed by atoms with van der Waals surface area (Å²) in [6, 6.07) is 15.7. The standard InChI is InChI=1S/C27H20ClFN4O3/c1-3-20-22(26(35)33(30-20)18-12-10-17(28)11-13-18)23-24(31-14-6-7-16(2)15-31)27(36)32(25(23)34)21-9-5-4-8-19(21)29/h4-15H,3H2,1-2H3/p+1. The van der Waals surface area contributed by atoms with E-state index in [2.05, 4.69) is 5.10 Å². The minimum atomic E-state index is -0.775. The van der Waals surface area contributed by atoms with Crippen LogP contribution in [0.3, 0.4) is 0 Å². The van der Waals surface area contributed by atoms with Crippen molar-refractivity contribution in [2.45, 2.75) is 20.3 Å². The molecule has 4 aromatic rings. The van der Waals surface area contributed by atoms with Crippen molar-refractivity contribution < 1.29 is 18.5 Å². The van der Waals surface area contributed by atoms with Crippen LogP contribution in [0.25, 0.3) is 17.0 Å². The van der Waals surface area contributed by atoms with Crippen LogP contribution in [0.4, 0.5) is 10.1 Å². The number of imide groups is 1. The molecule has 0 spiro atoms. The molecule has 36 heavy (non-hydrogen) atoms. The third kappa shape index (κ3) is 3.76. The van der Waals surface area contributed by atoms with Crippen LogP contribution in [-0.4, -0.2) is 21.6 Å². The molecule has 1 N–H and O–H groups in total. The van der Waals surface area contributed by atoms with Crippen molar-refractivity contribution in [1.29, 1.82) is 0 Å². The summed E-state index contributed by atoms with van der Waals surface area (Å²) in [6.07, 6.45) is 3.68. The summed E-state index contributed by atoms with van der Waals surface area (Å²) in [5.74, 6) is -2.23. The number of H-pyrrole nitrogens is 1. The number of carbonyl (C=O) groups excluding carboxylic acids is 2. The molecule has 180 valence electrons. The van der Waals surface area contributed by atoms with E-state index in [1.54, 1.807) is 42.7 Å². The molecule has 0 saturated heterocycles. The summed E-state index contributed by atoms with van der Waals surface area (Å²) in [6.45, 7) is 3.67. The summed E-state index contributed by atoms with van der Waals surface area (Å²) in [5, 5.41) is 3.57. The largest absolute Gasteiger partial charge is 0.331 e. The van der Waals surface area contributed by atoms with Crippen molar-refractivity contribution in [2.24, 2.45) is 0 Å². The Balaban J connectivity index is 1.79. The SMILES string of the molecule is CCc1[nH]n(-c2ccc(Cl)cc2)c(=O)c1C1=C([n+]2cccc(C)c2)C(=O)N(c2ccccc2F)C1=O. The van der Waals surface area contributed by atoms with Gasteiger partial charge in [-0.05, 0) is 55.8 Å². The van der Waals surface area contributed by atoms with Gasteiger partial charge in [-0.25, -0.2) is 14.0 Å². The van der Waals surface area contributed by atoms with E-state index in [1.165, 1.54) is 33.5 Å². The smallest absolute Gasteiger partial charge is 0.294 e. The molecule has 7 nitrogen and oxygen atoms in total. The molecule has 2 amide bonds. The highest BCUT2D eigenvalue weighted by Gasteiger charge is 2.48. The van der Waals surface area contributed by atoms with Gasteiger partial charge in [0.25, 0.3) is 17.2 Å². The van der Waals surface area contributed by atoms with Gasteiger partial charge >= 0.3 is 5.91 Å². The fraction of sp³-hybridized carbons (Fsp3) is 0.111. The predicted molar refractivity (Wildman–Crippen MR) is 134 cm³/mol. The maximum absolute atomic E-state index is 14.7. The third-order valence-electron chi connectivity index (χ3n) is 6.01. The van der Waals surface area contributed by atoms with Crippen LogP contribution >= 0.6 is 11.6 Å². The average Bonchev–Trinajstić information content (AvgIpc) is 3.32. The van der Waals surface area contributed by atoms with Gasteiger partial charge in [-0.2, -0.15) is 4.57 Å². The van der Waals surface area contributed by atoms with E-state index < -0.39 is 23.2 Å². The number of pyridine rings is 1. The van der Waals surface area contributed by atoms with Gasteiger partial charge in [0.15, 0.2) is 12.4 Å². The predicted octanol–water partition coefficient (Wildman–Crippen LogP) is 4.06. The number of nitrogens with one attached hydrogen (secondary N) is 1. The monoisotopic (exact) mass is 503 g/mol. The Morgan fingerprint density at radius 1 is 0.972 bits per heavy atom. The normalized spacial score (nSPS) is 13.7. The number of hydrogen-bond acceptors (Lipinski definition) is 3. The van der Waals surface area contributed by atoms with E-state index in [0.717, 1.165) is 10.5 Å². The molecular formula is C27H21ClFN4O3+. The van der Waals surface area contributed by atoms with Crippen LogP contribution < -0.4 is 15.0 Å². The van der Waals surface area contributed by atoms with Crippen LogP contribution in [0.5, 0.6) is 0 Å². The number of rotatable bonds is 5. The van der Waals surface area contributed by atoms with Gasteiger partial charge in [-0.15, -0.1) is 0 Å². The van der Waals surface area contributed by atoms with Gasteiger partial charge in [0.1, 0.15) is 11.4 Å². The lowest BCUT2D eigenvalue weighted by Gasteiger charge is -2.14. The van der Waals surface area contributed by atoms with Crippen molar-refractivity contribution in [3.05, 3.63) is 111 Å². The highest BCUT2D eigenvalue weighted by atomic mass is 35.5. The van der Waals surface area contributed by atoms with Crippen LogP contribution in [0.2, 0.25) is 5.02 Å². The molecule has 9 heteroatoms. The first kappa shape index (κ1) is 23.4. The molecule has 2 aromatic heterocycles. The van der Waals surface area contributed by atoms with Crippen molar-refractivity contribution in [2.75, 3.05) is 4.90 Å². The number of para-hydroxylation sites is 1. The number of nitrogens with zero attached hydrogens (tertiary/aromatic N) is 3. The summed E-state index contributed by atoms with van der Waals surface area (Å²) in [5.41, 5.74) is 1.06. The molecule has 0 aliphatic carbocycles. The maximum Gasteiger partial charge on any atom is 0.331 e. The summed E-state index contributed by atoms with van der Waals surface area (Å²) in [7, 11) is 0.